The predicted molar refractivity (Wildman–Crippen MR) is 107 cm³/mol. The highest BCUT2D eigenvalue weighted by Crippen LogP contribution is 2.17. The Balaban J connectivity index is 1.27. The Morgan fingerprint density at radius 1 is 0.880 bits per heavy atom. The van der Waals surface area contributed by atoms with E-state index in [9.17, 15) is 0 Å². The summed E-state index contributed by atoms with van der Waals surface area (Å²) < 4.78 is 0. The summed E-state index contributed by atoms with van der Waals surface area (Å²) in [4.78, 5) is 5.13. The average molecular weight is 338 g/mol. The van der Waals surface area contributed by atoms with E-state index in [-0.39, 0.29) is 0 Å². The van der Waals surface area contributed by atoms with Gasteiger partial charge in [0.15, 0.2) is 0 Å². The highest BCUT2D eigenvalue weighted by Gasteiger charge is 2.16. The van der Waals surface area contributed by atoms with Crippen molar-refractivity contribution in [1.29, 1.82) is 0 Å². The van der Waals surface area contributed by atoms with Gasteiger partial charge in [-0.25, -0.2) is 0 Å². The molecule has 134 valence electrons. The van der Waals surface area contributed by atoms with Crippen LogP contribution in [0.5, 0.6) is 0 Å². The van der Waals surface area contributed by atoms with E-state index in [4.69, 9.17) is 0 Å². The number of hydrogen-bond acceptors (Lipinski definition) is 3. The molecule has 1 fully saturated rings. The molecular weight excluding hydrogens is 306 g/mol. The first-order valence-electron chi connectivity index (χ1n) is 9.60. The number of aryl methyl sites for hydroxylation is 1. The molecule has 0 aromatic heterocycles. The Hall–Kier alpha value is -1.84. The van der Waals surface area contributed by atoms with Crippen molar-refractivity contribution in [3.8, 4) is 0 Å². The number of anilines is 1. The summed E-state index contributed by atoms with van der Waals surface area (Å²) in [5.74, 6) is 0. The molecule has 1 aliphatic heterocycles. The molecule has 1 heterocycles. The minimum absolute atomic E-state index is 0.982. The first-order chi connectivity index (χ1) is 12.3. The summed E-state index contributed by atoms with van der Waals surface area (Å²) in [6.45, 7) is 10.2. The van der Waals surface area contributed by atoms with Crippen LogP contribution in [0.3, 0.4) is 0 Å². The number of rotatable bonds is 8. The first kappa shape index (κ1) is 18.0. The molecule has 0 spiro atoms. The Labute approximate surface area is 152 Å². The van der Waals surface area contributed by atoms with Gasteiger partial charge in [-0.1, -0.05) is 42.5 Å². The zero-order valence-electron chi connectivity index (χ0n) is 15.5. The minimum atomic E-state index is 0.982. The van der Waals surface area contributed by atoms with Gasteiger partial charge in [0.1, 0.15) is 0 Å². The zero-order chi connectivity index (χ0) is 17.3. The Morgan fingerprint density at radius 2 is 1.68 bits per heavy atom. The second kappa shape index (κ2) is 9.59. The van der Waals surface area contributed by atoms with Crippen LogP contribution < -0.4 is 10.2 Å². The topological polar surface area (TPSA) is 18.5 Å². The van der Waals surface area contributed by atoms with Crippen molar-refractivity contribution in [2.45, 2.75) is 26.3 Å². The highest BCUT2D eigenvalue weighted by atomic mass is 15.3. The lowest BCUT2D eigenvalue weighted by Crippen LogP contribution is -2.46. The van der Waals surface area contributed by atoms with Crippen LogP contribution in [0, 0.1) is 6.92 Å². The maximum absolute atomic E-state index is 3.55. The standard InChI is InChI=1S/C22H31N3/c1-20-8-7-11-22(18-20)25-16-14-24(15-17-25)13-6-5-12-23-19-21-9-3-2-4-10-21/h2-4,7-11,18,23H,5-6,12-17,19H2,1H3. The molecule has 2 aromatic rings. The molecule has 25 heavy (non-hydrogen) atoms. The second-order valence-corrected chi connectivity index (χ2v) is 7.04. The van der Waals surface area contributed by atoms with Gasteiger partial charge in [0, 0.05) is 38.4 Å². The average Bonchev–Trinajstić information content (AvgIpc) is 2.66. The Morgan fingerprint density at radius 3 is 2.44 bits per heavy atom. The number of piperazine rings is 1. The fraction of sp³-hybridized carbons (Fsp3) is 0.455. The maximum Gasteiger partial charge on any atom is 0.0369 e. The molecule has 3 rings (SSSR count). The summed E-state index contributed by atoms with van der Waals surface area (Å²) in [6.07, 6.45) is 2.54. The lowest BCUT2D eigenvalue weighted by Gasteiger charge is -2.36. The van der Waals surface area contributed by atoms with Gasteiger partial charge in [-0.2, -0.15) is 0 Å². The Kier molecular flexibility index (Phi) is 6.89. The number of nitrogens with zero attached hydrogens (tertiary/aromatic N) is 2. The zero-order valence-corrected chi connectivity index (χ0v) is 15.5. The number of unbranched alkanes of at least 4 members (excludes halogenated alkanes) is 1. The first-order valence-corrected chi connectivity index (χ1v) is 9.60. The van der Waals surface area contributed by atoms with Crippen LogP contribution in [0.4, 0.5) is 5.69 Å². The number of benzene rings is 2. The second-order valence-electron chi connectivity index (χ2n) is 7.04. The summed E-state index contributed by atoms with van der Waals surface area (Å²) in [5.41, 5.74) is 4.10. The van der Waals surface area contributed by atoms with Crippen molar-refractivity contribution in [2.75, 3.05) is 44.2 Å². The summed E-state index contributed by atoms with van der Waals surface area (Å²) in [6, 6.07) is 19.5. The molecule has 0 saturated carbocycles. The van der Waals surface area contributed by atoms with Crippen molar-refractivity contribution in [3.63, 3.8) is 0 Å². The van der Waals surface area contributed by atoms with E-state index < -0.39 is 0 Å². The molecule has 3 nitrogen and oxygen atoms in total. The quantitative estimate of drug-likeness (QED) is 0.741. The fourth-order valence-electron chi connectivity index (χ4n) is 3.47. The van der Waals surface area contributed by atoms with Gasteiger partial charge in [-0.15, -0.1) is 0 Å². The van der Waals surface area contributed by atoms with Crippen LogP contribution in [-0.2, 0) is 6.54 Å². The third-order valence-corrected chi connectivity index (χ3v) is 4.99. The van der Waals surface area contributed by atoms with Crippen LogP contribution >= 0.6 is 0 Å². The molecule has 1 aliphatic rings. The van der Waals surface area contributed by atoms with Gasteiger partial charge in [-0.05, 0) is 56.1 Å². The molecule has 0 amide bonds. The minimum Gasteiger partial charge on any atom is -0.369 e. The summed E-state index contributed by atoms with van der Waals surface area (Å²) in [7, 11) is 0. The largest absolute Gasteiger partial charge is 0.369 e. The van der Waals surface area contributed by atoms with E-state index in [1.807, 2.05) is 0 Å². The van der Waals surface area contributed by atoms with Crippen molar-refractivity contribution in [3.05, 3.63) is 65.7 Å². The predicted octanol–water partition coefficient (Wildman–Crippen LogP) is 3.69. The van der Waals surface area contributed by atoms with Gasteiger partial charge >= 0.3 is 0 Å². The summed E-state index contributed by atoms with van der Waals surface area (Å²) >= 11 is 0. The monoisotopic (exact) mass is 337 g/mol. The molecule has 0 atom stereocenters. The molecule has 0 bridgehead atoms. The maximum atomic E-state index is 3.55. The molecule has 0 radical (unpaired) electrons. The van der Waals surface area contributed by atoms with Crippen molar-refractivity contribution < 1.29 is 0 Å². The van der Waals surface area contributed by atoms with Crippen LogP contribution in [0.25, 0.3) is 0 Å². The molecule has 0 aliphatic carbocycles. The fourth-order valence-corrected chi connectivity index (χ4v) is 3.47. The van der Waals surface area contributed by atoms with Crippen molar-refractivity contribution in [2.24, 2.45) is 0 Å². The number of hydrogen-bond donors (Lipinski definition) is 1. The third-order valence-electron chi connectivity index (χ3n) is 4.99. The molecule has 1 N–H and O–H groups in total. The van der Waals surface area contributed by atoms with E-state index in [1.165, 1.54) is 49.3 Å². The Bertz CT molecular complexity index is 618. The lowest BCUT2D eigenvalue weighted by molar-refractivity contribution is 0.252. The van der Waals surface area contributed by atoms with E-state index in [0.29, 0.717) is 0 Å². The van der Waals surface area contributed by atoms with E-state index in [2.05, 4.69) is 76.6 Å². The summed E-state index contributed by atoms with van der Waals surface area (Å²) in [5, 5.41) is 3.55. The molecular formula is C22H31N3. The molecule has 1 saturated heterocycles. The van der Waals surface area contributed by atoms with E-state index in [1.54, 1.807) is 0 Å². The van der Waals surface area contributed by atoms with Gasteiger partial charge in [0.25, 0.3) is 0 Å². The van der Waals surface area contributed by atoms with Crippen molar-refractivity contribution >= 4 is 5.69 Å². The lowest BCUT2D eigenvalue weighted by atomic mass is 10.2. The SMILES string of the molecule is Cc1cccc(N2CCN(CCCCNCc3ccccc3)CC2)c1. The van der Waals surface area contributed by atoms with Crippen LogP contribution in [0.1, 0.15) is 24.0 Å². The normalized spacial score (nSPS) is 15.5. The molecule has 0 unspecified atom stereocenters. The van der Waals surface area contributed by atoms with Crippen LogP contribution in [0.15, 0.2) is 54.6 Å². The van der Waals surface area contributed by atoms with Gasteiger partial charge in [-0.3, -0.25) is 4.90 Å². The smallest absolute Gasteiger partial charge is 0.0369 e. The molecule has 3 heteroatoms. The van der Waals surface area contributed by atoms with Gasteiger partial charge in [0.2, 0.25) is 0 Å². The van der Waals surface area contributed by atoms with Gasteiger partial charge in [0.05, 0.1) is 0 Å². The third kappa shape index (κ3) is 5.87. The van der Waals surface area contributed by atoms with Gasteiger partial charge < -0.3 is 10.2 Å². The van der Waals surface area contributed by atoms with Crippen LogP contribution in [0.2, 0.25) is 0 Å². The highest BCUT2D eigenvalue weighted by molar-refractivity contribution is 5.48. The number of nitrogens with one attached hydrogen (secondary N) is 1. The van der Waals surface area contributed by atoms with Crippen molar-refractivity contribution in [1.82, 2.24) is 10.2 Å². The van der Waals surface area contributed by atoms with E-state index >= 15 is 0 Å². The van der Waals surface area contributed by atoms with E-state index in [0.717, 1.165) is 26.2 Å². The molecule has 2 aromatic carbocycles. The van der Waals surface area contributed by atoms with Crippen LogP contribution in [-0.4, -0.2) is 44.2 Å².